The van der Waals surface area contributed by atoms with Crippen LogP contribution in [0.1, 0.15) is 26.2 Å². The number of rotatable bonds is 9. The molecule has 0 bridgehead atoms. The van der Waals surface area contributed by atoms with E-state index in [1.807, 2.05) is 0 Å². The number of nitrogens with one attached hydrogen (secondary N) is 3. The minimum absolute atomic E-state index is 0.0602. The van der Waals surface area contributed by atoms with E-state index < -0.39 is 27.9 Å². The van der Waals surface area contributed by atoms with Crippen molar-refractivity contribution >= 4 is 27.9 Å². The highest BCUT2D eigenvalue weighted by atomic mass is 32.2. The summed E-state index contributed by atoms with van der Waals surface area (Å²) in [5, 5.41) is 13.0. The summed E-state index contributed by atoms with van der Waals surface area (Å²) in [6.45, 7) is 1.98. The first-order valence-electron chi connectivity index (χ1n) is 6.34. The van der Waals surface area contributed by atoms with Crippen molar-refractivity contribution in [1.29, 1.82) is 0 Å². The zero-order valence-electron chi connectivity index (χ0n) is 12.0. The smallest absolute Gasteiger partial charge is 0.321 e. The van der Waals surface area contributed by atoms with E-state index in [9.17, 15) is 22.8 Å². The Morgan fingerprint density at radius 3 is 2.29 bits per heavy atom. The monoisotopic (exact) mass is 323 g/mol. The number of carbonyl (C=O) groups excluding carboxylic acids is 2. The molecule has 0 saturated carbocycles. The molecule has 0 rings (SSSR count). The largest absolute Gasteiger partial charge is 0.481 e. The van der Waals surface area contributed by atoms with E-state index in [-0.39, 0.29) is 31.8 Å². The number of carboxylic acids is 1. The van der Waals surface area contributed by atoms with Gasteiger partial charge in [0.25, 0.3) is 0 Å². The molecule has 4 N–H and O–H groups in total. The molecule has 0 aromatic carbocycles. The van der Waals surface area contributed by atoms with Gasteiger partial charge in [-0.25, -0.2) is 17.9 Å². The molecular weight excluding hydrogens is 302 g/mol. The molecule has 0 aromatic heterocycles. The van der Waals surface area contributed by atoms with Crippen molar-refractivity contribution in [2.24, 2.45) is 5.92 Å². The molecule has 1 unspecified atom stereocenters. The maximum Gasteiger partial charge on any atom is 0.321 e. The van der Waals surface area contributed by atoms with Crippen LogP contribution >= 0.6 is 0 Å². The highest BCUT2D eigenvalue weighted by molar-refractivity contribution is 7.88. The summed E-state index contributed by atoms with van der Waals surface area (Å²) < 4.78 is 23.8. The normalized spacial score (nSPS) is 12.5. The molecule has 0 aromatic rings. The first kappa shape index (κ1) is 19.3. The lowest BCUT2D eigenvalue weighted by Crippen LogP contribution is -2.41. The van der Waals surface area contributed by atoms with Crippen LogP contribution < -0.4 is 15.4 Å². The van der Waals surface area contributed by atoms with Crippen LogP contribution in [0.4, 0.5) is 4.79 Å². The molecule has 10 heteroatoms. The summed E-state index contributed by atoms with van der Waals surface area (Å²) in [6, 6.07) is -0.693. The Hall–Kier alpha value is -1.68. The van der Waals surface area contributed by atoms with Crippen LogP contribution in [0.3, 0.4) is 0 Å². The third-order valence-electron chi connectivity index (χ3n) is 2.31. The van der Waals surface area contributed by atoms with Gasteiger partial charge in [-0.05, 0) is 12.3 Å². The predicted octanol–water partition coefficient (Wildman–Crippen LogP) is -0.748. The van der Waals surface area contributed by atoms with Crippen LogP contribution in [-0.2, 0) is 19.6 Å². The number of hydrogen-bond acceptors (Lipinski definition) is 5. The molecule has 0 fully saturated rings. The third kappa shape index (κ3) is 13.1. The molecule has 3 amide bonds. The van der Waals surface area contributed by atoms with Gasteiger partial charge in [0.1, 0.15) is 0 Å². The second-order valence-electron chi connectivity index (χ2n) is 4.73. The Balaban J connectivity index is 3.79. The quantitative estimate of drug-likeness (QED) is 0.411. The van der Waals surface area contributed by atoms with Crippen molar-refractivity contribution in [3.8, 4) is 0 Å². The highest BCUT2D eigenvalue weighted by Crippen LogP contribution is 2.06. The first-order valence-corrected chi connectivity index (χ1v) is 8.23. The number of amides is 3. The molecule has 0 aliphatic carbocycles. The van der Waals surface area contributed by atoms with E-state index in [1.54, 1.807) is 6.92 Å². The van der Waals surface area contributed by atoms with Gasteiger partial charge in [0.2, 0.25) is 15.9 Å². The van der Waals surface area contributed by atoms with Gasteiger partial charge < -0.3 is 10.4 Å². The molecule has 0 heterocycles. The Morgan fingerprint density at radius 2 is 1.76 bits per heavy atom. The van der Waals surface area contributed by atoms with Crippen LogP contribution in [0.15, 0.2) is 0 Å². The van der Waals surface area contributed by atoms with E-state index in [4.69, 9.17) is 5.11 Å². The second-order valence-corrected chi connectivity index (χ2v) is 6.56. The van der Waals surface area contributed by atoms with Crippen LogP contribution in [0.2, 0.25) is 0 Å². The lowest BCUT2D eigenvalue weighted by Gasteiger charge is -2.09. The van der Waals surface area contributed by atoms with Gasteiger partial charge in [-0.2, -0.15) is 0 Å². The number of hydrogen-bond donors (Lipinski definition) is 4. The van der Waals surface area contributed by atoms with E-state index in [2.05, 4.69) is 15.4 Å². The Bertz CT molecular complexity index is 476. The van der Waals surface area contributed by atoms with Crippen molar-refractivity contribution < 1.29 is 27.9 Å². The number of urea groups is 1. The standard InChI is InChI=1S/C11H21N3O6S/c1-8(7-10(16)17)6-9(15)14-11(18)12-4-3-5-13-21(2,19)20/h8,13H,3-7H2,1-2H3,(H,16,17)(H2,12,14,15,18). The topological polar surface area (TPSA) is 142 Å². The summed E-state index contributed by atoms with van der Waals surface area (Å²) in [5.41, 5.74) is 0. The molecule has 0 spiro atoms. The van der Waals surface area contributed by atoms with Crippen LogP contribution in [-0.4, -0.2) is 50.8 Å². The number of carboxylic acid groups (broad SMARTS) is 1. The molecule has 0 saturated heterocycles. The molecule has 21 heavy (non-hydrogen) atoms. The number of carbonyl (C=O) groups is 3. The fourth-order valence-corrected chi connectivity index (χ4v) is 1.97. The van der Waals surface area contributed by atoms with E-state index in [0.29, 0.717) is 6.42 Å². The van der Waals surface area contributed by atoms with Crippen molar-refractivity contribution in [1.82, 2.24) is 15.4 Å². The highest BCUT2D eigenvalue weighted by Gasteiger charge is 2.14. The average molecular weight is 323 g/mol. The Labute approximate surface area is 123 Å². The van der Waals surface area contributed by atoms with Crippen molar-refractivity contribution in [2.75, 3.05) is 19.3 Å². The van der Waals surface area contributed by atoms with Gasteiger partial charge in [-0.15, -0.1) is 0 Å². The van der Waals surface area contributed by atoms with E-state index in [0.717, 1.165) is 6.26 Å². The number of aliphatic carboxylic acids is 1. The zero-order chi connectivity index (χ0) is 16.5. The maximum atomic E-state index is 11.4. The fourth-order valence-electron chi connectivity index (χ4n) is 1.46. The summed E-state index contributed by atoms with van der Waals surface area (Å²) in [7, 11) is -3.25. The summed E-state index contributed by atoms with van der Waals surface area (Å²) >= 11 is 0. The van der Waals surface area contributed by atoms with Crippen molar-refractivity contribution in [3.63, 3.8) is 0 Å². The predicted molar refractivity (Wildman–Crippen MR) is 75.0 cm³/mol. The van der Waals surface area contributed by atoms with E-state index >= 15 is 0 Å². The molecule has 122 valence electrons. The van der Waals surface area contributed by atoms with Gasteiger partial charge in [0.15, 0.2) is 0 Å². The summed E-state index contributed by atoms with van der Waals surface area (Å²) in [5.74, 6) is -1.93. The zero-order valence-corrected chi connectivity index (χ0v) is 12.8. The van der Waals surface area contributed by atoms with E-state index in [1.165, 1.54) is 0 Å². The molecule has 0 aliphatic heterocycles. The molecule has 0 radical (unpaired) electrons. The lowest BCUT2D eigenvalue weighted by molar-refractivity contribution is -0.138. The molecule has 1 atom stereocenters. The summed E-state index contributed by atoms with van der Waals surface area (Å²) in [4.78, 5) is 33.2. The maximum absolute atomic E-state index is 11.4. The van der Waals surface area contributed by atoms with Crippen molar-refractivity contribution in [2.45, 2.75) is 26.2 Å². The van der Waals surface area contributed by atoms with Gasteiger partial charge in [-0.1, -0.05) is 6.92 Å². The van der Waals surface area contributed by atoms with Gasteiger partial charge >= 0.3 is 12.0 Å². The number of imide groups is 1. The minimum atomic E-state index is -3.25. The van der Waals surface area contributed by atoms with Crippen LogP contribution in [0, 0.1) is 5.92 Å². The third-order valence-corrected chi connectivity index (χ3v) is 3.04. The van der Waals surface area contributed by atoms with Crippen molar-refractivity contribution in [3.05, 3.63) is 0 Å². The van der Waals surface area contributed by atoms with Crippen LogP contribution in [0.25, 0.3) is 0 Å². The number of sulfonamides is 1. The van der Waals surface area contributed by atoms with Gasteiger partial charge in [-0.3, -0.25) is 14.9 Å². The van der Waals surface area contributed by atoms with Gasteiger partial charge in [0, 0.05) is 25.9 Å². The molecule has 0 aliphatic rings. The first-order chi connectivity index (χ1) is 9.60. The average Bonchev–Trinajstić information content (AvgIpc) is 2.24. The fraction of sp³-hybridized carbons (Fsp3) is 0.727. The minimum Gasteiger partial charge on any atom is -0.481 e. The SMILES string of the molecule is CC(CC(=O)O)CC(=O)NC(=O)NCCCNS(C)(=O)=O. The Morgan fingerprint density at radius 1 is 1.14 bits per heavy atom. The van der Waals surface area contributed by atoms with Crippen LogP contribution in [0.5, 0.6) is 0 Å². The molecular formula is C11H21N3O6S. The Kier molecular flexibility index (Phi) is 8.55. The second kappa shape index (κ2) is 9.29. The lowest BCUT2D eigenvalue weighted by atomic mass is 10.0. The van der Waals surface area contributed by atoms with Gasteiger partial charge in [0.05, 0.1) is 6.26 Å². The molecule has 9 nitrogen and oxygen atoms in total. The summed E-state index contributed by atoms with van der Waals surface area (Å²) in [6.07, 6.45) is 1.20.